The van der Waals surface area contributed by atoms with Gasteiger partial charge in [-0.2, -0.15) is 0 Å². The Morgan fingerprint density at radius 1 is 1.33 bits per heavy atom. The highest BCUT2D eigenvalue weighted by Crippen LogP contribution is 2.21. The largest absolute Gasteiger partial charge is 0.293 e. The Morgan fingerprint density at radius 3 is 2.67 bits per heavy atom. The zero-order valence-corrected chi connectivity index (χ0v) is 11.7. The van der Waals surface area contributed by atoms with Crippen molar-refractivity contribution in [3.8, 4) is 0 Å². The number of benzene rings is 1. The third-order valence-corrected chi connectivity index (χ3v) is 3.56. The first-order valence-corrected chi connectivity index (χ1v) is 6.66. The number of aliphatic imine (C=N–C) groups is 1. The molecule has 18 heavy (non-hydrogen) atoms. The van der Waals surface area contributed by atoms with Gasteiger partial charge in [-0.25, -0.2) is 0 Å². The van der Waals surface area contributed by atoms with Gasteiger partial charge in [-0.1, -0.05) is 41.9 Å². The van der Waals surface area contributed by atoms with Crippen molar-refractivity contribution in [3.63, 3.8) is 0 Å². The second-order valence-corrected chi connectivity index (χ2v) is 5.20. The number of likely N-dealkylation sites (tertiary alicyclic amines) is 1. The van der Waals surface area contributed by atoms with Crippen LogP contribution in [0.3, 0.4) is 0 Å². The Morgan fingerprint density at radius 2 is 2.06 bits per heavy atom. The van der Waals surface area contributed by atoms with Crippen molar-refractivity contribution in [2.24, 2.45) is 4.99 Å². The van der Waals surface area contributed by atoms with Crippen LogP contribution in [-0.4, -0.2) is 30.7 Å². The van der Waals surface area contributed by atoms with E-state index < -0.39 is 0 Å². The molecule has 1 aliphatic rings. The lowest BCUT2D eigenvalue weighted by Gasteiger charge is -2.30. The highest BCUT2D eigenvalue weighted by Gasteiger charge is 2.20. The molecule has 0 radical (unpaired) electrons. The smallest absolute Gasteiger partial charge is 0.0529 e. The molecule has 0 spiro atoms. The number of piperidine rings is 1. The summed E-state index contributed by atoms with van der Waals surface area (Å²) < 4.78 is 0. The van der Waals surface area contributed by atoms with Gasteiger partial charge in [0.2, 0.25) is 0 Å². The van der Waals surface area contributed by atoms with Crippen LogP contribution in [0.25, 0.3) is 0 Å². The van der Waals surface area contributed by atoms with Crippen molar-refractivity contribution in [2.45, 2.75) is 19.9 Å². The lowest BCUT2D eigenvalue weighted by atomic mass is 10.0. The van der Waals surface area contributed by atoms with E-state index in [-0.39, 0.29) is 0 Å². The van der Waals surface area contributed by atoms with Crippen LogP contribution in [0.2, 0.25) is 0 Å². The topological polar surface area (TPSA) is 15.6 Å². The maximum atomic E-state index is 6.12. The van der Waals surface area contributed by atoms with E-state index in [1.807, 2.05) is 14.0 Å². The summed E-state index contributed by atoms with van der Waals surface area (Å²) in [6, 6.07) is 10.6. The minimum Gasteiger partial charge on any atom is -0.293 e. The Balaban J connectivity index is 2.05. The number of nitrogens with zero attached hydrogens (tertiary/aromatic N) is 2. The molecule has 1 aromatic rings. The van der Waals surface area contributed by atoms with E-state index in [0.717, 1.165) is 36.8 Å². The van der Waals surface area contributed by atoms with Crippen molar-refractivity contribution in [1.82, 2.24) is 4.90 Å². The van der Waals surface area contributed by atoms with E-state index in [2.05, 4.69) is 40.2 Å². The van der Waals surface area contributed by atoms with Crippen LogP contribution in [0.4, 0.5) is 0 Å². The van der Waals surface area contributed by atoms with Crippen molar-refractivity contribution < 1.29 is 0 Å². The van der Waals surface area contributed by atoms with E-state index in [1.54, 1.807) is 0 Å². The zero-order valence-electron chi connectivity index (χ0n) is 11.0. The van der Waals surface area contributed by atoms with Crippen molar-refractivity contribution in [2.75, 3.05) is 20.1 Å². The fourth-order valence-electron chi connectivity index (χ4n) is 2.35. The van der Waals surface area contributed by atoms with Crippen LogP contribution >= 0.6 is 11.6 Å². The van der Waals surface area contributed by atoms with Gasteiger partial charge >= 0.3 is 0 Å². The maximum Gasteiger partial charge on any atom is 0.0529 e. The maximum absolute atomic E-state index is 6.12. The molecule has 0 bridgehead atoms. The van der Waals surface area contributed by atoms with Crippen molar-refractivity contribution in [3.05, 3.63) is 46.5 Å². The zero-order chi connectivity index (χ0) is 13.0. The summed E-state index contributed by atoms with van der Waals surface area (Å²) in [7, 11) is 1.85. The number of hydrogen-bond donors (Lipinski definition) is 0. The second kappa shape index (κ2) is 6.17. The predicted octanol–water partition coefficient (Wildman–Crippen LogP) is 3.48. The van der Waals surface area contributed by atoms with E-state index in [9.17, 15) is 0 Å². The first-order chi connectivity index (χ1) is 8.70. The molecule has 2 nitrogen and oxygen atoms in total. The summed E-state index contributed by atoms with van der Waals surface area (Å²) in [6.45, 7) is 4.88. The predicted molar refractivity (Wildman–Crippen MR) is 78.2 cm³/mol. The molecule has 0 aromatic heterocycles. The molecular formula is C15H19ClN2. The lowest BCUT2D eigenvalue weighted by molar-refractivity contribution is 0.297. The summed E-state index contributed by atoms with van der Waals surface area (Å²) in [4.78, 5) is 6.79. The molecule has 2 rings (SSSR count). The highest BCUT2D eigenvalue weighted by molar-refractivity contribution is 6.32. The monoisotopic (exact) mass is 262 g/mol. The number of allylic oxidation sites excluding steroid dienone is 1. The lowest BCUT2D eigenvalue weighted by Crippen LogP contribution is -2.36. The highest BCUT2D eigenvalue weighted by atomic mass is 35.5. The molecule has 0 N–H and O–H groups in total. The Labute approximate surface area is 114 Å². The fourth-order valence-corrected chi connectivity index (χ4v) is 2.56. The van der Waals surface area contributed by atoms with Gasteiger partial charge in [0, 0.05) is 31.7 Å². The van der Waals surface area contributed by atoms with Crippen LogP contribution in [0, 0.1) is 0 Å². The van der Waals surface area contributed by atoms with Crippen molar-refractivity contribution in [1.29, 1.82) is 0 Å². The Kier molecular flexibility index (Phi) is 4.56. The third-order valence-electron chi connectivity index (χ3n) is 3.33. The second-order valence-electron chi connectivity index (χ2n) is 4.63. The first kappa shape index (κ1) is 13.3. The Hall–Kier alpha value is -1.12. The Bertz CT molecular complexity index is 459. The van der Waals surface area contributed by atoms with Gasteiger partial charge in [0.15, 0.2) is 0 Å². The molecule has 1 saturated heterocycles. The van der Waals surface area contributed by atoms with Gasteiger partial charge < -0.3 is 0 Å². The molecular weight excluding hydrogens is 244 g/mol. The van der Waals surface area contributed by atoms with Gasteiger partial charge in [-0.05, 0) is 24.5 Å². The van der Waals surface area contributed by atoms with E-state index >= 15 is 0 Å². The molecule has 1 aromatic carbocycles. The number of halogens is 1. The van der Waals surface area contributed by atoms with E-state index in [1.165, 1.54) is 11.1 Å². The molecule has 1 aliphatic heterocycles. The first-order valence-electron chi connectivity index (χ1n) is 6.28. The standard InChI is InChI=1S/C15H19ClN2/c1-12(16)14-8-9-18(11-15(14)17-2)10-13-6-4-3-5-7-13/h3-7H,8-11H2,1-2H3. The molecule has 0 unspecified atom stereocenters. The minimum absolute atomic E-state index is 0.884. The molecule has 0 aliphatic carbocycles. The van der Waals surface area contributed by atoms with Gasteiger partial charge in [-0.3, -0.25) is 9.89 Å². The fraction of sp³-hybridized carbons (Fsp3) is 0.400. The van der Waals surface area contributed by atoms with E-state index in [0.29, 0.717) is 0 Å². The van der Waals surface area contributed by atoms with E-state index in [4.69, 9.17) is 11.6 Å². The SMILES string of the molecule is CN=C1CN(Cc2ccccc2)CCC1=C(C)Cl. The van der Waals surface area contributed by atoms with Crippen LogP contribution in [0.1, 0.15) is 18.9 Å². The average Bonchev–Trinajstić information content (AvgIpc) is 2.39. The van der Waals surface area contributed by atoms with Gasteiger partial charge in [0.1, 0.15) is 0 Å². The summed E-state index contributed by atoms with van der Waals surface area (Å²) in [5, 5.41) is 0.884. The van der Waals surface area contributed by atoms with Gasteiger partial charge in [0.25, 0.3) is 0 Å². The molecule has 0 atom stereocenters. The molecule has 3 heteroatoms. The molecule has 1 fully saturated rings. The quantitative estimate of drug-likeness (QED) is 0.797. The van der Waals surface area contributed by atoms with Crippen LogP contribution in [0.15, 0.2) is 45.9 Å². The minimum atomic E-state index is 0.884. The molecule has 0 saturated carbocycles. The summed E-state index contributed by atoms with van der Waals surface area (Å²) in [5.74, 6) is 0. The van der Waals surface area contributed by atoms with Crippen molar-refractivity contribution >= 4 is 17.3 Å². The number of rotatable bonds is 2. The molecule has 1 heterocycles. The van der Waals surface area contributed by atoms with Crippen LogP contribution in [0.5, 0.6) is 0 Å². The normalized spacial score (nSPS) is 22.3. The summed E-state index contributed by atoms with van der Waals surface area (Å²) in [5.41, 5.74) is 3.70. The molecule has 0 amide bonds. The number of hydrogen-bond acceptors (Lipinski definition) is 2. The third kappa shape index (κ3) is 3.21. The molecule has 96 valence electrons. The van der Waals surface area contributed by atoms with Crippen LogP contribution < -0.4 is 0 Å². The van der Waals surface area contributed by atoms with Gasteiger partial charge in [-0.15, -0.1) is 0 Å². The van der Waals surface area contributed by atoms with Gasteiger partial charge in [0.05, 0.1) is 5.71 Å². The average molecular weight is 263 g/mol. The van der Waals surface area contributed by atoms with Crippen LogP contribution in [-0.2, 0) is 6.54 Å². The summed E-state index contributed by atoms with van der Waals surface area (Å²) >= 11 is 6.12. The summed E-state index contributed by atoms with van der Waals surface area (Å²) in [6.07, 6.45) is 0.995.